The van der Waals surface area contributed by atoms with E-state index in [1.165, 1.54) is 6.20 Å². The third kappa shape index (κ3) is 5.04. The quantitative estimate of drug-likeness (QED) is 0.266. The number of rotatable bonds is 7. The maximum atomic E-state index is 12.7. The van der Waals surface area contributed by atoms with Crippen LogP contribution in [0.4, 0.5) is 0 Å². The van der Waals surface area contributed by atoms with Crippen LogP contribution in [0, 0.1) is 3.57 Å². The molecule has 0 aliphatic rings. The fourth-order valence-corrected chi connectivity index (χ4v) is 4.84. The Morgan fingerprint density at radius 1 is 1.00 bits per heavy atom. The first-order valence-electron chi connectivity index (χ1n) is 10.9. The average Bonchev–Trinajstić information content (AvgIpc) is 2.84. The Hall–Kier alpha value is -3.46. The van der Waals surface area contributed by atoms with Crippen molar-refractivity contribution in [3.05, 3.63) is 103 Å². The van der Waals surface area contributed by atoms with Gasteiger partial charge in [0.1, 0.15) is 5.56 Å². The minimum absolute atomic E-state index is 0.0866. The standard InChI is InChI=1S/C27H23IN2O4/c1-16(30-26(32)20-11-9-18(10-12-20)17-5-3-2-4-6-17)7-8-19-13-14-22-23(24(19)28)25(31)21(15-29-22)27(33)34/h2-6,9-16H,7-8H2,1H3,(H,29,31)(H,30,32)(H,33,34)/t16-/m0/s1. The number of carbonyl (C=O) groups excluding carboxylic acids is 1. The van der Waals surface area contributed by atoms with Crippen molar-refractivity contribution in [2.75, 3.05) is 0 Å². The van der Waals surface area contributed by atoms with Crippen LogP contribution in [0.3, 0.4) is 0 Å². The van der Waals surface area contributed by atoms with Gasteiger partial charge < -0.3 is 15.4 Å². The highest BCUT2D eigenvalue weighted by Crippen LogP contribution is 2.23. The van der Waals surface area contributed by atoms with Gasteiger partial charge in [0.15, 0.2) is 0 Å². The molecular weight excluding hydrogens is 543 g/mol. The third-order valence-electron chi connectivity index (χ3n) is 5.77. The number of H-pyrrole nitrogens is 1. The number of hydrogen-bond donors (Lipinski definition) is 3. The molecule has 4 rings (SSSR count). The second-order valence-electron chi connectivity index (χ2n) is 8.15. The van der Waals surface area contributed by atoms with Crippen LogP contribution in [0.15, 0.2) is 77.7 Å². The molecule has 0 aliphatic carbocycles. The van der Waals surface area contributed by atoms with Crippen molar-refractivity contribution >= 4 is 45.4 Å². The molecule has 34 heavy (non-hydrogen) atoms. The Morgan fingerprint density at radius 3 is 2.35 bits per heavy atom. The summed E-state index contributed by atoms with van der Waals surface area (Å²) in [5, 5.41) is 12.7. The van der Waals surface area contributed by atoms with Gasteiger partial charge in [0.05, 0.1) is 10.9 Å². The minimum Gasteiger partial charge on any atom is -0.477 e. The van der Waals surface area contributed by atoms with Crippen LogP contribution in [-0.2, 0) is 6.42 Å². The number of aromatic nitrogens is 1. The number of pyridine rings is 1. The number of carboxylic acids is 1. The molecule has 4 aromatic rings. The van der Waals surface area contributed by atoms with Gasteiger partial charge in [-0.15, -0.1) is 0 Å². The van der Waals surface area contributed by atoms with E-state index >= 15 is 0 Å². The van der Waals surface area contributed by atoms with Crippen LogP contribution in [0.1, 0.15) is 39.6 Å². The third-order valence-corrected chi connectivity index (χ3v) is 7.01. The molecule has 1 amide bonds. The Bertz CT molecular complexity index is 1410. The van der Waals surface area contributed by atoms with Gasteiger partial charge in [0, 0.05) is 21.4 Å². The number of hydrogen-bond acceptors (Lipinski definition) is 3. The Balaban J connectivity index is 1.42. The summed E-state index contributed by atoms with van der Waals surface area (Å²) in [6, 6.07) is 21.1. The van der Waals surface area contributed by atoms with Crippen molar-refractivity contribution in [1.29, 1.82) is 0 Å². The lowest BCUT2D eigenvalue weighted by Gasteiger charge is -2.15. The first-order chi connectivity index (χ1) is 16.3. The molecule has 0 radical (unpaired) electrons. The zero-order chi connectivity index (χ0) is 24.2. The van der Waals surface area contributed by atoms with Crippen LogP contribution >= 0.6 is 22.6 Å². The summed E-state index contributed by atoms with van der Waals surface area (Å²) in [7, 11) is 0. The Labute approximate surface area is 210 Å². The largest absolute Gasteiger partial charge is 0.477 e. The molecule has 0 spiro atoms. The van der Waals surface area contributed by atoms with Crippen molar-refractivity contribution in [1.82, 2.24) is 10.3 Å². The van der Waals surface area contributed by atoms with Crippen LogP contribution < -0.4 is 10.7 Å². The molecule has 3 aromatic carbocycles. The van der Waals surface area contributed by atoms with E-state index in [0.717, 1.165) is 20.3 Å². The van der Waals surface area contributed by atoms with E-state index in [2.05, 4.69) is 32.9 Å². The number of aromatic carboxylic acids is 1. The number of amides is 1. The van der Waals surface area contributed by atoms with Crippen molar-refractivity contribution in [3.8, 4) is 11.1 Å². The Kier molecular flexibility index (Phi) is 7.12. The van der Waals surface area contributed by atoms with Gasteiger partial charge in [-0.05, 0) is 77.2 Å². The number of benzene rings is 3. The minimum atomic E-state index is -1.25. The molecule has 172 valence electrons. The zero-order valence-corrected chi connectivity index (χ0v) is 20.6. The summed E-state index contributed by atoms with van der Waals surface area (Å²) in [4.78, 5) is 39.5. The van der Waals surface area contributed by atoms with E-state index in [-0.39, 0.29) is 17.5 Å². The first kappa shape index (κ1) is 23.7. The summed E-state index contributed by atoms with van der Waals surface area (Å²) in [5.41, 5.74) is 3.52. The number of nitrogens with one attached hydrogen (secondary N) is 2. The molecule has 0 unspecified atom stereocenters. The molecule has 1 aromatic heterocycles. The molecule has 6 nitrogen and oxygen atoms in total. The molecule has 0 aliphatic heterocycles. The highest BCUT2D eigenvalue weighted by molar-refractivity contribution is 14.1. The van der Waals surface area contributed by atoms with Gasteiger partial charge in [-0.2, -0.15) is 0 Å². The van der Waals surface area contributed by atoms with Gasteiger partial charge in [0.25, 0.3) is 5.91 Å². The van der Waals surface area contributed by atoms with Gasteiger partial charge >= 0.3 is 5.97 Å². The predicted octanol–water partition coefficient (Wildman–Crippen LogP) is 5.25. The molecule has 0 saturated heterocycles. The lowest BCUT2D eigenvalue weighted by atomic mass is 10.0. The lowest BCUT2D eigenvalue weighted by Crippen LogP contribution is -2.32. The monoisotopic (exact) mass is 566 g/mol. The van der Waals surface area contributed by atoms with Crippen molar-refractivity contribution < 1.29 is 14.7 Å². The predicted molar refractivity (Wildman–Crippen MR) is 141 cm³/mol. The number of fused-ring (bicyclic) bond motifs is 1. The molecule has 1 atom stereocenters. The molecule has 7 heteroatoms. The van der Waals surface area contributed by atoms with Crippen LogP contribution in [0.2, 0.25) is 0 Å². The summed E-state index contributed by atoms with van der Waals surface area (Å²) in [6.45, 7) is 1.94. The second-order valence-corrected chi connectivity index (χ2v) is 9.23. The van der Waals surface area contributed by atoms with E-state index in [9.17, 15) is 19.5 Å². The highest BCUT2D eigenvalue weighted by Gasteiger charge is 2.16. The van der Waals surface area contributed by atoms with E-state index in [1.54, 1.807) is 6.07 Å². The Morgan fingerprint density at radius 2 is 1.68 bits per heavy atom. The first-order valence-corrected chi connectivity index (χ1v) is 12.0. The average molecular weight is 566 g/mol. The molecule has 0 bridgehead atoms. The molecule has 1 heterocycles. The smallest absolute Gasteiger partial charge is 0.341 e. The normalized spacial score (nSPS) is 11.8. The summed E-state index contributed by atoms with van der Waals surface area (Å²) < 4.78 is 0.731. The second kappa shape index (κ2) is 10.2. The van der Waals surface area contributed by atoms with Crippen molar-refractivity contribution in [3.63, 3.8) is 0 Å². The van der Waals surface area contributed by atoms with Gasteiger partial charge in [-0.25, -0.2) is 4.79 Å². The van der Waals surface area contributed by atoms with Crippen molar-refractivity contribution in [2.24, 2.45) is 0 Å². The van der Waals surface area contributed by atoms with Crippen molar-refractivity contribution in [2.45, 2.75) is 25.8 Å². The van der Waals surface area contributed by atoms with Crippen LogP contribution in [0.5, 0.6) is 0 Å². The molecule has 0 fully saturated rings. The number of carbonyl (C=O) groups is 2. The number of carboxylic acid groups (broad SMARTS) is 1. The molecule has 0 saturated carbocycles. The number of aryl methyl sites for hydroxylation is 1. The zero-order valence-electron chi connectivity index (χ0n) is 18.5. The summed E-state index contributed by atoms with van der Waals surface area (Å²) in [5.74, 6) is -1.39. The van der Waals surface area contributed by atoms with Crippen LogP contribution in [0.25, 0.3) is 22.0 Å². The molecule has 3 N–H and O–H groups in total. The van der Waals surface area contributed by atoms with E-state index in [1.807, 2.05) is 67.6 Å². The number of aromatic amines is 1. The molecular formula is C27H23IN2O4. The summed E-state index contributed by atoms with van der Waals surface area (Å²) in [6.07, 6.45) is 2.54. The van der Waals surface area contributed by atoms with E-state index in [4.69, 9.17) is 0 Å². The maximum absolute atomic E-state index is 12.7. The van der Waals surface area contributed by atoms with Gasteiger partial charge in [-0.3, -0.25) is 9.59 Å². The van der Waals surface area contributed by atoms with Gasteiger partial charge in [-0.1, -0.05) is 48.5 Å². The number of halogens is 1. The maximum Gasteiger partial charge on any atom is 0.341 e. The van der Waals surface area contributed by atoms with Gasteiger partial charge in [0.2, 0.25) is 5.43 Å². The van der Waals surface area contributed by atoms with Crippen LogP contribution in [-0.4, -0.2) is 28.0 Å². The summed E-state index contributed by atoms with van der Waals surface area (Å²) >= 11 is 2.09. The topological polar surface area (TPSA) is 99.3 Å². The fraction of sp³-hybridized carbons (Fsp3) is 0.148. The fourth-order valence-electron chi connectivity index (χ4n) is 3.86. The lowest BCUT2D eigenvalue weighted by molar-refractivity contribution is 0.0695. The SMILES string of the molecule is C[C@@H](CCc1ccc2[nH]cc(C(=O)O)c(=O)c2c1I)NC(=O)c1ccc(-c2ccccc2)cc1. The van der Waals surface area contributed by atoms with E-state index in [0.29, 0.717) is 29.3 Å². The van der Waals surface area contributed by atoms with E-state index < -0.39 is 11.4 Å². The highest BCUT2D eigenvalue weighted by atomic mass is 127.